The van der Waals surface area contributed by atoms with Crippen LogP contribution in [0.1, 0.15) is 26.7 Å². The predicted octanol–water partition coefficient (Wildman–Crippen LogP) is 0.0975. The van der Waals surface area contributed by atoms with E-state index in [4.69, 9.17) is 10.2 Å². The lowest BCUT2D eigenvalue weighted by Gasteiger charge is -2.25. The number of nitrogens with one attached hydrogen (secondary N) is 2. The molecule has 0 saturated carbocycles. The zero-order valence-corrected chi connectivity index (χ0v) is 12.7. The molecule has 0 spiro atoms. The molecule has 0 aliphatic rings. The first-order chi connectivity index (χ1) is 9.26. The summed E-state index contributed by atoms with van der Waals surface area (Å²) in [6.45, 7) is 4.52. The molecule has 2 atom stereocenters. The summed E-state index contributed by atoms with van der Waals surface area (Å²) in [4.78, 5) is 24.7. The highest BCUT2D eigenvalue weighted by Gasteiger charge is 2.21. The number of rotatable bonds is 9. The summed E-state index contributed by atoms with van der Waals surface area (Å²) in [7, 11) is 3.83. The molecule has 7 heteroatoms. The van der Waals surface area contributed by atoms with Crippen LogP contribution in [0.5, 0.6) is 0 Å². The van der Waals surface area contributed by atoms with Gasteiger partial charge in [0.2, 0.25) is 0 Å². The third kappa shape index (κ3) is 8.71. The van der Waals surface area contributed by atoms with Crippen LogP contribution in [0.25, 0.3) is 0 Å². The van der Waals surface area contributed by atoms with Crippen molar-refractivity contribution in [3.8, 4) is 0 Å². The number of urea groups is 1. The monoisotopic (exact) mass is 289 g/mol. The number of carboxylic acid groups (broad SMARTS) is 1. The second-order valence-corrected chi connectivity index (χ2v) is 5.61. The van der Waals surface area contributed by atoms with Crippen LogP contribution in [0, 0.1) is 5.92 Å². The Bertz CT molecular complexity index is 298. The molecule has 0 aromatic heterocycles. The van der Waals surface area contributed by atoms with Gasteiger partial charge in [0, 0.05) is 25.6 Å². The van der Waals surface area contributed by atoms with Gasteiger partial charge in [0.25, 0.3) is 0 Å². The van der Waals surface area contributed by atoms with Gasteiger partial charge < -0.3 is 25.7 Å². The molecule has 4 N–H and O–H groups in total. The third-order valence-corrected chi connectivity index (χ3v) is 2.70. The van der Waals surface area contributed by atoms with Gasteiger partial charge in [0.1, 0.15) is 6.04 Å². The average molecular weight is 289 g/mol. The van der Waals surface area contributed by atoms with E-state index in [0.29, 0.717) is 12.5 Å². The number of carbonyl (C=O) groups excluding carboxylic acids is 1. The topological polar surface area (TPSA) is 102 Å². The number of amides is 2. The number of hydrogen-bond donors (Lipinski definition) is 4. The molecule has 7 nitrogen and oxygen atoms in total. The molecule has 0 saturated heterocycles. The van der Waals surface area contributed by atoms with Crippen molar-refractivity contribution in [1.82, 2.24) is 15.5 Å². The van der Waals surface area contributed by atoms with E-state index in [0.717, 1.165) is 6.42 Å². The van der Waals surface area contributed by atoms with Gasteiger partial charge in [-0.3, -0.25) is 0 Å². The number of likely N-dealkylation sites (N-methyl/N-ethyl adjacent to an activating group) is 1. The lowest BCUT2D eigenvalue weighted by Crippen LogP contribution is -2.51. The maximum atomic E-state index is 11.8. The maximum absolute atomic E-state index is 11.8. The fraction of sp³-hybridized carbons (Fsp3) is 0.846. The Kier molecular flexibility index (Phi) is 8.91. The molecule has 0 aliphatic heterocycles. The van der Waals surface area contributed by atoms with Crippen LogP contribution in [-0.4, -0.2) is 66.4 Å². The van der Waals surface area contributed by atoms with Gasteiger partial charge in [-0.25, -0.2) is 9.59 Å². The molecule has 20 heavy (non-hydrogen) atoms. The Morgan fingerprint density at radius 3 is 2.20 bits per heavy atom. The van der Waals surface area contributed by atoms with Crippen LogP contribution >= 0.6 is 0 Å². The van der Waals surface area contributed by atoms with E-state index in [-0.39, 0.29) is 19.1 Å². The zero-order valence-electron chi connectivity index (χ0n) is 12.7. The standard InChI is InChI=1S/C13H27N3O4/c1-9(2)7-10(8-16(3)4)14-13(20)15-11(5-6-17)12(18)19/h9-11,17H,5-8H2,1-4H3,(H,18,19)(H2,14,15,20)/t10?,11-/m0/s1. The lowest BCUT2D eigenvalue weighted by molar-refractivity contribution is -0.139. The van der Waals surface area contributed by atoms with Crippen LogP contribution in [0.15, 0.2) is 0 Å². The Morgan fingerprint density at radius 2 is 1.80 bits per heavy atom. The highest BCUT2D eigenvalue weighted by molar-refractivity contribution is 5.82. The van der Waals surface area contributed by atoms with Crippen molar-refractivity contribution in [2.45, 2.75) is 38.8 Å². The number of carboxylic acids is 1. The van der Waals surface area contributed by atoms with Gasteiger partial charge in [0.15, 0.2) is 0 Å². The molecule has 0 fully saturated rings. The first-order valence-corrected chi connectivity index (χ1v) is 6.81. The number of carbonyl (C=O) groups is 2. The summed E-state index contributed by atoms with van der Waals surface area (Å²) >= 11 is 0. The minimum Gasteiger partial charge on any atom is -0.480 e. The summed E-state index contributed by atoms with van der Waals surface area (Å²) in [6.07, 6.45) is 0.800. The summed E-state index contributed by atoms with van der Waals surface area (Å²) in [6, 6.07) is -1.63. The molecule has 0 radical (unpaired) electrons. The van der Waals surface area contributed by atoms with Gasteiger partial charge in [-0.05, 0) is 26.4 Å². The highest BCUT2D eigenvalue weighted by atomic mass is 16.4. The summed E-state index contributed by atoms with van der Waals surface area (Å²) in [5.74, 6) is -0.727. The van der Waals surface area contributed by atoms with Crippen molar-refractivity contribution >= 4 is 12.0 Å². The molecular weight excluding hydrogens is 262 g/mol. The first kappa shape index (κ1) is 18.7. The van der Waals surface area contributed by atoms with E-state index in [1.165, 1.54) is 0 Å². The van der Waals surface area contributed by atoms with Crippen molar-refractivity contribution in [2.24, 2.45) is 5.92 Å². The van der Waals surface area contributed by atoms with E-state index in [2.05, 4.69) is 24.5 Å². The zero-order chi connectivity index (χ0) is 15.7. The molecule has 0 aliphatic carbocycles. The van der Waals surface area contributed by atoms with E-state index in [9.17, 15) is 9.59 Å². The van der Waals surface area contributed by atoms with Crippen LogP contribution in [0.4, 0.5) is 4.79 Å². The third-order valence-electron chi connectivity index (χ3n) is 2.70. The minimum absolute atomic E-state index is 0.00865. The molecule has 1 unspecified atom stereocenters. The van der Waals surface area contributed by atoms with Crippen LogP contribution in [0.3, 0.4) is 0 Å². The Morgan fingerprint density at radius 1 is 1.20 bits per heavy atom. The molecule has 0 rings (SSSR count). The van der Waals surface area contributed by atoms with E-state index in [1.807, 2.05) is 19.0 Å². The smallest absolute Gasteiger partial charge is 0.326 e. The van der Waals surface area contributed by atoms with Crippen molar-refractivity contribution in [1.29, 1.82) is 0 Å². The molecule has 0 aromatic rings. The second kappa shape index (κ2) is 9.55. The van der Waals surface area contributed by atoms with Gasteiger partial charge in [-0.1, -0.05) is 13.8 Å². The predicted molar refractivity (Wildman–Crippen MR) is 76.6 cm³/mol. The fourth-order valence-electron chi connectivity index (χ4n) is 1.96. The summed E-state index contributed by atoms with van der Waals surface area (Å²) in [5.41, 5.74) is 0. The van der Waals surface area contributed by atoms with Crippen molar-refractivity contribution < 1.29 is 19.8 Å². The summed E-state index contributed by atoms with van der Waals surface area (Å²) < 4.78 is 0. The Labute approximate surface area is 120 Å². The summed E-state index contributed by atoms with van der Waals surface area (Å²) in [5, 5.41) is 22.8. The largest absolute Gasteiger partial charge is 0.480 e. The fourth-order valence-corrected chi connectivity index (χ4v) is 1.96. The van der Waals surface area contributed by atoms with Crippen molar-refractivity contribution in [3.63, 3.8) is 0 Å². The number of aliphatic hydroxyl groups is 1. The van der Waals surface area contributed by atoms with Gasteiger partial charge in [-0.2, -0.15) is 0 Å². The van der Waals surface area contributed by atoms with Crippen molar-refractivity contribution in [2.75, 3.05) is 27.2 Å². The molecule has 0 heterocycles. The van der Waals surface area contributed by atoms with Gasteiger partial charge in [0.05, 0.1) is 0 Å². The van der Waals surface area contributed by atoms with Crippen LogP contribution in [-0.2, 0) is 4.79 Å². The van der Waals surface area contributed by atoms with E-state index in [1.54, 1.807) is 0 Å². The number of aliphatic carboxylic acids is 1. The van der Waals surface area contributed by atoms with Gasteiger partial charge >= 0.3 is 12.0 Å². The average Bonchev–Trinajstić information content (AvgIpc) is 2.25. The van der Waals surface area contributed by atoms with Crippen molar-refractivity contribution in [3.05, 3.63) is 0 Å². The molecule has 0 aromatic carbocycles. The second-order valence-electron chi connectivity index (χ2n) is 5.61. The normalized spacial score (nSPS) is 14.2. The lowest BCUT2D eigenvalue weighted by atomic mass is 10.0. The molecule has 2 amide bonds. The van der Waals surface area contributed by atoms with Crippen LogP contribution < -0.4 is 10.6 Å². The number of hydrogen-bond acceptors (Lipinski definition) is 4. The van der Waals surface area contributed by atoms with E-state index >= 15 is 0 Å². The SMILES string of the molecule is CC(C)CC(CN(C)C)NC(=O)N[C@@H](CCO)C(=O)O. The number of nitrogens with zero attached hydrogens (tertiary/aromatic N) is 1. The molecular formula is C13H27N3O4. The highest BCUT2D eigenvalue weighted by Crippen LogP contribution is 2.05. The first-order valence-electron chi connectivity index (χ1n) is 6.81. The maximum Gasteiger partial charge on any atom is 0.326 e. The quantitative estimate of drug-likeness (QED) is 0.482. The molecule has 0 bridgehead atoms. The Balaban J connectivity index is 4.45. The van der Waals surface area contributed by atoms with Gasteiger partial charge in [-0.15, -0.1) is 0 Å². The molecule has 118 valence electrons. The van der Waals surface area contributed by atoms with E-state index < -0.39 is 18.0 Å². The number of aliphatic hydroxyl groups excluding tert-OH is 1. The minimum atomic E-state index is -1.15. The van der Waals surface area contributed by atoms with Crippen LogP contribution in [0.2, 0.25) is 0 Å². The Hall–Kier alpha value is -1.34.